The van der Waals surface area contributed by atoms with Crippen LogP contribution in [0.25, 0.3) is 11.3 Å². The molecule has 3 aromatic rings. The molecule has 3 nitrogen and oxygen atoms in total. The number of para-hydroxylation sites is 1. The summed E-state index contributed by atoms with van der Waals surface area (Å²) in [4.78, 5) is 17.3. The molecule has 0 spiro atoms. The summed E-state index contributed by atoms with van der Waals surface area (Å²) in [6, 6.07) is 19.1. The predicted octanol–water partition coefficient (Wildman–Crippen LogP) is 4.06. The van der Waals surface area contributed by atoms with Crippen LogP contribution in [0.2, 0.25) is 0 Å². The second-order valence-corrected chi connectivity index (χ2v) is 5.07. The van der Waals surface area contributed by atoms with E-state index >= 15 is 0 Å². The number of thiazole rings is 1. The van der Waals surface area contributed by atoms with Crippen LogP contribution in [-0.4, -0.2) is 10.9 Å². The summed E-state index contributed by atoms with van der Waals surface area (Å²) in [5.74, 6) is -0.127. The fourth-order valence-electron chi connectivity index (χ4n) is 1.92. The number of carbonyl (C=O) groups excluding carboxylic acids is 1. The highest BCUT2D eigenvalue weighted by molar-refractivity contribution is 7.12. The molecule has 0 aliphatic carbocycles. The van der Waals surface area contributed by atoms with Gasteiger partial charge in [0.15, 0.2) is 0 Å². The summed E-state index contributed by atoms with van der Waals surface area (Å²) in [5, 5.41) is 2.89. The van der Waals surface area contributed by atoms with E-state index < -0.39 is 0 Å². The molecule has 1 heterocycles. The summed E-state index contributed by atoms with van der Waals surface area (Å²) < 4.78 is 0. The number of carbonyl (C=O) groups is 1. The van der Waals surface area contributed by atoms with Gasteiger partial charge in [-0.05, 0) is 12.1 Å². The number of nitrogens with one attached hydrogen (secondary N) is 1. The SMILES string of the molecule is O=C(Nc1ccccc1)c1scnc1-c1ccccc1. The van der Waals surface area contributed by atoms with E-state index in [4.69, 9.17) is 0 Å². The summed E-state index contributed by atoms with van der Waals surface area (Å²) in [7, 11) is 0. The number of nitrogens with zero attached hydrogens (tertiary/aromatic N) is 1. The van der Waals surface area contributed by atoms with Crippen LogP contribution in [0.1, 0.15) is 9.67 Å². The van der Waals surface area contributed by atoms with Gasteiger partial charge in [0.1, 0.15) is 4.88 Å². The topological polar surface area (TPSA) is 42.0 Å². The van der Waals surface area contributed by atoms with Gasteiger partial charge in [0, 0.05) is 11.3 Å². The third-order valence-corrected chi connectivity index (χ3v) is 3.68. The van der Waals surface area contributed by atoms with E-state index in [-0.39, 0.29) is 5.91 Å². The Hall–Kier alpha value is -2.46. The van der Waals surface area contributed by atoms with E-state index in [2.05, 4.69) is 10.3 Å². The first-order chi connectivity index (χ1) is 9.84. The van der Waals surface area contributed by atoms with E-state index in [9.17, 15) is 4.79 Å². The summed E-state index contributed by atoms with van der Waals surface area (Å²) >= 11 is 1.35. The third kappa shape index (κ3) is 2.60. The normalized spacial score (nSPS) is 10.2. The maximum absolute atomic E-state index is 12.3. The molecular weight excluding hydrogens is 268 g/mol. The molecule has 0 radical (unpaired) electrons. The van der Waals surface area contributed by atoms with Gasteiger partial charge in [-0.25, -0.2) is 4.98 Å². The predicted molar refractivity (Wildman–Crippen MR) is 81.9 cm³/mol. The zero-order valence-corrected chi connectivity index (χ0v) is 11.4. The lowest BCUT2D eigenvalue weighted by molar-refractivity contribution is 0.103. The van der Waals surface area contributed by atoms with Crippen LogP contribution >= 0.6 is 11.3 Å². The first kappa shape index (κ1) is 12.6. The van der Waals surface area contributed by atoms with Crippen LogP contribution < -0.4 is 5.32 Å². The molecule has 0 saturated carbocycles. The average Bonchev–Trinajstić information content (AvgIpc) is 2.99. The van der Waals surface area contributed by atoms with Crippen molar-refractivity contribution in [3.05, 3.63) is 71.1 Å². The van der Waals surface area contributed by atoms with E-state index in [1.54, 1.807) is 5.51 Å². The third-order valence-electron chi connectivity index (χ3n) is 2.85. The van der Waals surface area contributed by atoms with Gasteiger partial charge < -0.3 is 5.32 Å². The van der Waals surface area contributed by atoms with Crippen LogP contribution in [0, 0.1) is 0 Å². The average molecular weight is 280 g/mol. The molecule has 3 rings (SSSR count). The van der Waals surface area contributed by atoms with E-state index in [1.807, 2.05) is 60.7 Å². The molecular formula is C16H12N2OS. The molecule has 0 fully saturated rings. The van der Waals surface area contributed by atoms with Crippen molar-refractivity contribution in [2.24, 2.45) is 0 Å². The van der Waals surface area contributed by atoms with Gasteiger partial charge in [-0.1, -0.05) is 48.5 Å². The number of hydrogen-bond acceptors (Lipinski definition) is 3. The lowest BCUT2D eigenvalue weighted by Crippen LogP contribution is -2.11. The molecule has 2 aromatic carbocycles. The molecule has 0 aliphatic rings. The van der Waals surface area contributed by atoms with Gasteiger partial charge in [0.25, 0.3) is 5.91 Å². The second-order valence-electron chi connectivity index (χ2n) is 4.22. The van der Waals surface area contributed by atoms with Gasteiger partial charge in [0.05, 0.1) is 11.2 Å². The Labute approximate surface area is 120 Å². The minimum absolute atomic E-state index is 0.127. The Kier molecular flexibility index (Phi) is 3.56. The first-order valence-corrected chi connectivity index (χ1v) is 7.08. The van der Waals surface area contributed by atoms with Crippen molar-refractivity contribution < 1.29 is 4.79 Å². The molecule has 98 valence electrons. The fourth-order valence-corrected chi connectivity index (χ4v) is 2.62. The smallest absolute Gasteiger partial charge is 0.268 e. The van der Waals surface area contributed by atoms with Crippen molar-refractivity contribution >= 4 is 22.9 Å². The second kappa shape index (κ2) is 5.67. The summed E-state index contributed by atoms with van der Waals surface area (Å²) in [6.07, 6.45) is 0. The van der Waals surface area contributed by atoms with Gasteiger partial charge in [-0.2, -0.15) is 0 Å². The monoisotopic (exact) mass is 280 g/mol. The van der Waals surface area contributed by atoms with Crippen molar-refractivity contribution in [2.75, 3.05) is 5.32 Å². The molecule has 0 atom stereocenters. The molecule has 0 saturated heterocycles. The minimum Gasteiger partial charge on any atom is -0.321 e. The lowest BCUT2D eigenvalue weighted by atomic mass is 10.1. The van der Waals surface area contributed by atoms with Gasteiger partial charge in [-0.3, -0.25) is 4.79 Å². The number of hydrogen-bond donors (Lipinski definition) is 1. The summed E-state index contributed by atoms with van der Waals surface area (Å²) in [5.41, 5.74) is 4.16. The van der Waals surface area contributed by atoms with E-state index in [1.165, 1.54) is 11.3 Å². The Morgan fingerprint density at radius 1 is 0.950 bits per heavy atom. The Bertz CT molecular complexity index is 708. The number of aromatic nitrogens is 1. The maximum atomic E-state index is 12.3. The van der Waals surface area contributed by atoms with Crippen LogP contribution in [0.3, 0.4) is 0 Å². The van der Waals surface area contributed by atoms with Crippen LogP contribution in [0.4, 0.5) is 5.69 Å². The lowest BCUT2D eigenvalue weighted by Gasteiger charge is -2.05. The number of anilines is 1. The van der Waals surface area contributed by atoms with Crippen LogP contribution in [0.15, 0.2) is 66.2 Å². The molecule has 1 amide bonds. The van der Waals surface area contributed by atoms with E-state index in [0.717, 1.165) is 16.9 Å². The largest absolute Gasteiger partial charge is 0.321 e. The van der Waals surface area contributed by atoms with Crippen molar-refractivity contribution in [1.29, 1.82) is 0 Å². The molecule has 20 heavy (non-hydrogen) atoms. The maximum Gasteiger partial charge on any atom is 0.268 e. The highest BCUT2D eigenvalue weighted by Gasteiger charge is 2.16. The number of benzene rings is 2. The molecule has 1 aromatic heterocycles. The number of rotatable bonds is 3. The summed E-state index contributed by atoms with van der Waals surface area (Å²) in [6.45, 7) is 0. The Balaban J connectivity index is 1.88. The van der Waals surface area contributed by atoms with Crippen LogP contribution in [-0.2, 0) is 0 Å². The molecule has 0 aliphatic heterocycles. The van der Waals surface area contributed by atoms with Gasteiger partial charge in [0.2, 0.25) is 0 Å². The quantitative estimate of drug-likeness (QED) is 0.786. The Morgan fingerprint density at radius 2 is 1.60 bits per heavy atom. The molecule has 0 bridgehead atoms. The Morgan fingerprint density at radius 3 is 2.30 bits per heavy atom. The molecule has 1 N–H and O–H groups in total. The molecule has 4 heteroatoms. The van der Waals surface area contributed by atoms with Gasteiger partial charge in [-0.15, -0.1) is 11.3 Å². The fraction of sp³-hybridized carbons (Fsp3) is 0. The number of amides is 1. The zero-order valence-electron chi connectivity index (χ0n) is 10.6. The van der Waals surface area contributed by atoms with Crippen molar-refractivity contribution in [3.63, 3.8) is 0 Å². The first-order valence-electron chi connectivity index (χ1n) is 6.20. The van der Waals surface area contributed by atoms with E-state index in [0.29, 0.717) is 4.88 Å². The van der Waals surface area contributed by atoms with Crippen molar-refractivity contribution in [2.45, 2.75) is 0 Å². The van der Waals surface area contributed by atoms with Crippen LogP contribution in [0.5, 0.6) is 0 Å². The highest BCUT2D eigenvalue weighted by Crippen LogP contribution is 2.26. The molecule has 0 unspecified atom stereocenters. The standard InChI is InChI=1S/C16H12N2OS/c19-16(18-13-9-5-2-6-10-13)15-14(17-11-20-15)12-7-3-1-4-8-12/h1-11H,(H,18,19). The minimum atomic E-state index is -0.127. The van der Waals surface area contributed by atoms with Crippen molar-refractivity contribution in [3.8, 4) is 11.3 Å². The van der Waals surface area contributed by atoms with Crippen molar-refractivity contribution in [1.82, 2.24) is 4.98 Å². The highest BCUT2D eigenvalue weighted by atomic mass is 32.1. The zero-order chi connectivity index (χ0) is 13.8. The van der Waals surface area contributed by atoms with Gasteiger partial charge >= 0.3 is 0 Å².